The third-order valence-electron chi connectivity index (χ3n) is 2.14. The monoisotopic (exact) mass is 225 g/mol. The molecule has 0 aliphatic carbocycles. The first kappa shape index (κ1) is 10.9. The lowest BCUT2D eigenvalue weighted by molar-refractivity contribution is 1.09. The van der Waals surface area contributed by atoms with Crippen molar-refractivity contribution in [1.82, 2.24) is 9.97 Å². The summed E-state index contributed by atoms with van der Waals surface area (Å²) < 4.78 is 0. The van der Waals surface area contributed by atoms with Crippen LogP contribution in [0.1, 0.15) is 11.4 Å². The molecule has 1 aromatic carbocycles. The molecule has 84 valence electrons. The molecule has 1 aromatic heterocycles. The number of nitrogen functional groups attached to an aromatic ring is 1. The second-order valence-electron chi connectivity index (χ2n) is 3.58. The summed E-state index contributed by atoms with van der Waals surface area (Å²) in [7, 11) is 0. The van der Waals surface area contributed by atoms with Gasteiger partial charge in [0.1, 0.15) is 11.8 Å². The predicted molar refractivity (Wildman–Crippen MR) is 65.6 cm³/mol. The molecule has 5 heteroatoms. The first-order chi connectivity index (χ1) is 8.17. The predicted octanol–water partition coefficient (Wildman–Crippen LogP) is 1.98. The van der Waals surface area contributed by atoms with Crippen LogP contribution in [0, 0.1) is 18.3 Å². The fourth-order valence-electron chi connectivity index (χ4n) is 1.38. The molecule has 0 aliphatic heterocycles. The summed E-state index contributed by atoms with van der Waals surface area (Å²) in [5.41, 5.74) is 8.20. The van der Waals surface area contributed by atoms with E-state index in [1.54, 1.807) is 18.2 Å². The zero-order chi connectivity index (χ0) is 12.3. The molecule has 0 radical (unpaired) electrons. The van der Waals surface area contributed by atoms with E-state index in [0.29, 0.717) is 17.3 Å². The van der Waals surface area contributed by atoms with E-state index >= 15 is 0 Å². The number of benzene rings is 1. The SMILES string of the molecule is Cc1cc(C#N)nc(Nc2ccc(N)cc2)n1. The molecule has 2 aromatic rings. The van der Waals surface area contributed by atoms with E-state index in [4.69, 9.17) is 11.0 Å². The molecule has 0 unspecified atom stereocenters. The Morgan fingerprint density at radius 3 is 2.59 bits per heavy atom. The summed E-state index contributed by atoms with van der Waals surface area (Å²) in [6.45, 7) is 1.82. The number of nitrogens with one attached hydrogen (secondary N) is 1. The first-order valence-electron chi connectivity index (χ1n) is 5.06. The van der Waals surface area contributed by atoms with Gasteiger partial charge < -0.3 is 11.1 Å². The summed E-state index contributed by atoms with van der Waals surface area (Å²) in [4.78, 5) is 8.25. The number of nitrogens with two attached hydrogens (primary N) is 1. The fraction of sp³-hybridized carbons (Fsp3) is 0.0833. The highest BCUT2D eigenvalue weighted by Gasteiger charge is 2.01. The van der Waals surface area contributed by atoms with Crippen molar-refractivity contribution in [1.29, 1.82) is 5.26 Å². The number of hydrogen-bond acceptors (Lipinski definition) is 5. The van der Waals surface area contributed by atoms with E-state index < -0.39 is 0 Å². The maximum absolute atomic E-state index is 8.80. The summed E-state index contributed by atoms with van der Waals surface area (Å²) in [5.74, 6) is 0.409. The van der Waals surface area contributed by atoms with Crippen molar-refractivity contribution >= 4 is 17.3 Å². The second-order valence-corrected chi connectivity index (χ2v) is 3.58. The van der Waals surface area contributed by atoms with Crippen LogP contribution in [-0.4, -0.2) is 9.97 Å². The van der Waals surface area contributed by atoms with Gasteiger partial charge in [-0.3, -0.25) is 0 Å². The Bertz CT molecular complexity index is 568. The Balaban J connectivity index is 2.27. The number of nitriles is 1. The molecule has 3 N–H and O–H groups in total. The minimum absolute atomic E-state index is 0.343. The first-order valence-corrected chi connectivity index (χ1v) is 5.06. The molecule has 0 saturated heterocycles. The Labute approximate surface area is 98.9 Å². The van der Waals surface area contributed by atoms with Crippen LogP contribution in [0.25, 0.3) is 0 Å². The maximum atomic E-state index is 8.80. The highest BCUT2D eigenvalue weighted by molar-refractivity contribution is 5.57. The van der Waals surface area contributed by atoms with Gasteiger partial charge in [0.25, 0.3) is 0 Å². The van der Waals surface area contributed by atoms with E-state index in [1.807, 2.05) is 25.1 Å². The minimum Gasteiger partial charge on any atom is -0.399 e. The van der Waals surface area contributed by atoms with Crippen molar-refractivity contribution in [3.05, 3.63) is 41.7 Å². The average molecular weight is 225 g/mol. The van der Waals surface area contributed by atoms with E-state index in [2.05, 4.69) is 15.3 Å². The van der Waals surface area contributed by atoms with Crippen molar-refractivity contribution in [2.45, 2.75) is 6.92 Å². The number of hydrogen-bond donors (Lipinski definition) is 2. The van der Waals surface area contributed by atoms with Crippen LogP contribution >= 0.6 is 0 Å². The highest BCUT2D eigenvalue weighted by Crippen LogP contribution is 2.15. The Hall–Kier alpha value is -2.61. The smallest absolute Gasteiger partial charge is 0.228 e. The van der Waals surface area contributed by atoms with Crippen LogP contribution in [-0.2, 0) is 0 Å². The number of aryl methyl sites for hydroxylation is 1. The molecule has 0 bridgehead atoms. The van der Waals surface area contributed by atoms with Gasteiger partial charge >= 0.3 is 0 Å². The molecule has 0 spiro atoms. The molecular formula is C12H11N5. The second kappa shape index (κ2) is 4.49. The lowest BCUT2D eigenvalue weighted by Gasteiger charge is -2.05. The van der Waals surface area contributed by atoms with Gasteiger partial charge in [-0.05, 0) is 37.3 Å². The van der Waals surface area contributed by atoms with E-state index in [0.717, 1.165) is 11.4 Å². The third-order valence-corrected chi connectivity index (χ3v) is 2.14. The summed E-state index contributed by atoms with van der Waals surface area (Å²) in [6.07, 6.45) is 0. The Morgan fingerprint density at radius 2 is 1.94 bits per heavy atom. The Kier molecular flexibility index (Phi) is 2.88. The van der Waals surface area contributed by atoms with E-state index in [1.165, 1.54) is 0 Å². The third kappa shape index (κ3) is 2.69. The standard InChI is InChI=1S/C12H11N5/c1-8-6-11(7-13)17-12(15-8)16-10-4-2-9(14)3-5-10/h2-6H,14H2,1H3,(H,15,16,17). The average Bonchev–Trinajstić information content (AvgIpc) is 2.31. The number of anilines is 3. The molecule has 2 rings (SSSR count). The molecule has 1 heterocycles. The fourth-order valence-corrected chi connectivity index (χ4v) is 1.38. The summed E-state index contributed by atoms with van der Waals surface area (Å²) >= 11 is 0. The van der Waals surface area contributed by atoms with Gasteiger partial charge in [0.2, 0.25) is 5.95 Å². The highest BCUT2D eigenvalue weighted by atomic mass is 15.1. The largest absolute Gasteiger partial charge is 0.399 e. The molecule has 0 amide bonds. The van der Waals surface area contributed by atoms with Gasteiger partial charge in [-0.1, -0.05) is 0 Å². The van der Waals surface area contributed by atoms with Gasteiger partial charge in [0, 0.05) is 17.1 Å². The molecule has 0 saturated carbocycles. The Morgan fingerprint density at radius 1 is 1.24 bits per heavy atom. The maximum Gasteiger partial charge on any atom is 0.228 e. The van der Waals surface area contributed by atoms with Crippen LogP contribution < -0.4 is 11.1 Å². The lowest BCUT2D eigenvalue weighted by atomic mass is 10.3. The number of aromatic nitrogens is 2. The molecule has 5 nitrogen and oxygen atoms in total. The molecule has 0 fully saturated rings. The zero-order valence-electron chi connectivity index (χ0n) is 9.31. The van der Waals surface area contributed by atoms with Crippen molar-refractivity contribution in [2.75, 3.05) is 11.1 Å². The van der Waals surface area contributed by atoms with Crippen molar-refractivity contribution in [2.24, 2.45) is 0 Å². The van der Waals surface area contributed by atoms with Gasteiger partial charge in [-0.25, -0.2) is 9.97 Å². The van der Waals surface area contributed by atoms with Crippen LogP contribution in [0.4, 0.5) is 17.3 Å². The topological polar surface area (TPSA) is 87.6 Å². The number of rotatable bonds is 2. The van der Waals surface area contributed by atoms with Crippen molar-refractivity contribution < 1.29 is 0 Å². The molecule has 17 heavy (non-hydrogen) atoms. The number of nitrogens with zero attached hydrogens (tertiary/aromatic N) is 3. The quantitative estimate of drug-likeness (QED) is 0.763. The minimum atomic E-state index is 0.343. The molecule has 0 atom stereocenters. The van der Waals surface area contributed by atoms with Crippen LogP contribution in [0.5, 0.6) is 0 Å². The molecular weight excluding hydrogens is 214 g/mol. The van der Waals surface area contributed by atoms with Gasteiger partial charge in [0.15, 0.2) is 0 Å². The lowest BCUT2D eigenvalue weighted by Crippen LogP contribution is -2.00. The van der Waals surface area contributed by atoms with Gasteiger partial charge in [0.05, 0.1) is 0 Å². The normalized spacial score (nSPS) is 9.65. The molecule has 0 aliphatic rings. The van der Waals surface area contributed by atoms with Crippen molar-refractivity contribution in [3.8, 4) is 6.07 Å². The van der Waals surface area contributed by atoms with Gasteiger partial charge in [-0.2, -0.15) is 5.26 Å². The van der Waals surface area contributed by atoms with Crippen molar-refractivity contribution in [3.63, 3.8) is 0 Å². The van der Waals surface area contributed by atoms with Crippen LogP contribution in [0.2, 0.25) is 0 Å². The van der Waals surface area contributed by atoms with E-state index in [9.17, 15) is 0 Å². The van der Waals surface area contributed by atoms with E-state index in [-0.39, 0.29) is 0 Å². The summed E-state index contributed by atoms with van der Waals surface area (Å²) in [5, 5.41) is 11.8. The van der Waals surface area contributed by atoms with Crippen LogP contribution in [0.3, 0.4) is 0 Å². The zero-order valence-corrected chi connectivity index (χ0v) is 9.31. The summed E-state index contributed by atoms with van der Waals surface area (Å²) in [6, 6.07) is 10.8. The van der Waals surface area contributed by atoms with Crippen LogP contribution in [0.15, 0.2) is 30.3 Å². The van der Waals surface area contributed by atoms with Gasteiger partial charge in [-0.15, -0.1) is 0 Å².